The van der Waals surface area contributed by atoms with E-state index in [1.807, 2.05) is 41.0 Å². The Morgan fingerprint density at radius 3 is 2.75 bits per heavy atom. The second kappa shape index (κ2) is 4.87. The molecule has 0 bridgehead atoms. The average molecular weight is 283 g/mol. The number of aromatic nitrogens is 2. The molecule has 0 saturated carbocycles. The van der Waals surface area contributed by atoms with Crippen molar-refractivity contribution in [2.24, 2.45) is 0 Å². The van der Waals surface area contributed by atoms with Crippen molar-refractivity contribution >= 4 is 28.6 Å². The summed E-state index contributed by atoms with van der Waals surface area (Å²) in [6.45, 7) is 0.525. The third-order valence-corrected chi connectivity index (χ3v) is 3.58. The van der Waals surface area contributed by atoms with Crippen LogP contribution in [0.3, 0.4) is 0 Å². The van der Waals surface area contributed by atoms with Crippen LogP contribution < -0.4 is 5.73 Å². The van der Waals surface area contributed by atoms with Crippen LogP contribution in [-0.2, 0) is 6.54 Å². The zero-order valence-electron chi connectivity index (χ0n) is 10.5. The van der Waals surface area contributed by atoms with E-state index < -0.39 is 0 Å². The third-order valence-electron chi connectivity index (χ3n) is 3.22. The van der Waals surface area contributed by atoms with E-state index in [9.17, 15) is 0 Å². The smallest absolute Gasteiger partial charge is 0.201 e. The molecule has 0 amide bonds. The van der Waals surface area contributed by atoms with Gasteiger partial charge in [0.25, 0.3) is 0 Å². The van der Waals surface area contributed by atoms with Crippen molar-refractivity contribution in [2.75, 3.05) is 5.73 Å². The molecule has 0 aliphatic heterocycles. The van der Waals surface area contributed by atoms with Gasteiger partial charge in [0.15, 0.2) is 0 Å². The summed E-state index contributed by atoms with van der Waals surface area (Å²) < 4.78 is 1.86. The van der Waals surface area contributed by atoms with E-state index in [0.717, 1.165) is 11.1 Å². The largest absolute Gasteiger partial charge is 0.369 e. The zero-order chi connectivity index (χ0) is 14.1. The van der Waals surface area contributed by atoms with Gasteiger partial charge in [-0.3, -0.25) is 0 Å². The lowest BCUT2D eigenvalue weighted by atomic mass is 10.2. The average Bonchev–Trinajstić information content (AvgIpc) is 2.77. The Balaban J connectivity index is 2.16. The lowest BCUT2D eigenvalue weighted by Gasteiger charge is -2.08. The van der Waals surface area contributed by atoms with Crippen LogP contribution in [0.2, 0.25) is 5.02 Å². The Kier molecular flexibility index (Phi) is 3.05. The Morgan fingerprint density at radius 1 is 1.20 bits per heavy atom. The lowest BCUT2D eigenvalue weighted by Crippen LogP contribution is -2.04. The SMILES string of the molecule is N#Cc1cccc2c1nc(N)n2Cc1ccccc1Cl. The van der Waals surface area contributed by atoms with E-state index in [2.05, 4.69) is 11.1 Å². The fraction of sp³-hybridized carbons (Fsp3) is 0.0667. The Labute approximate surface area is 121 Å². The third kappa shape index (κ3) is 1.98. The van der Waals surface area contributed by atoms with Crippen molar-refractivity contribution in [3.05, 3.63) is 58.6 Å². The zero-order valence-corrected chi connectivity index (χ0v) is 11.3. The molecule has 0 fully saturated rings. The van der Waals surface area contributed by atoms with Gasteiger partial charge in [0.2, 0.25) is 5.95 Å². The molecule has 1 heterocycles. The Bertz CT molecular complexity index is 829. The van der Waals surface area contributed by atoms with Crippen molar-refractivity contribution in [2.45, 2.75) is 6.54 Å². The highest BCUT2D eigenvalue weighted by Crippen LogP contribution is 2.24. The van der Waals surface area contributed by atoms with Gasteiger partial charge in [-0.05, 0) is 23.8 Å². The van der Waals surface area contributed by atoms with Crippen LogP contribution >= 0.6 is 11.6 Å². The van der Waals surface area contributed by atoms with Crippen molar-refractivity contribution < 1.29 is 0 Å². The van der Waals surface area contributed by atoms with Crippen LogP contribution in [0.5, 0.6) is 0 Å². The van der Waals surface area contributed by atoms with Crippen LogP contribution in [0, 0.1) is 11.3 Å². The maximum absolute atomic E-state index is 9.11. The van der Waals surface area contributed by atoms with Crippen LogP contribution in [0.15, 0.2) is 42.5 Å². The number of hydrogen-bond donors (Lipinski definition) is 1. The number of fused-ring (bicyclic) bond motifs is 1. The molecule has 2 N–H and O–H groups in total. The number of nitrogen functional groups attached to an aromatic ring is 1. The minimum atomic E-state index is 0.377. The summed E-state index contributed by atoms with van der Waals surface area (Å²) in [5.74, 6) is 0.377. The summed E-state index contributed by atoms with van der Waals surface area (Å²) >= 11 is 6.18. The van der Waals surface area contributed by atoms with Crippen molar-refractivity contribution in [3.63, 3.8) is 0 Å². The predicted octanol–water partition coefficient (Wildman–Crippen LogP) is 3.19. The quantitative estimate of drug-likeness (QED) is 0.785. The van der Waals surface area contributed by atoms with E-state index >= 15 is 0 Å². The summed E-state index contributed by atoms with van der Waals surface area (Å²) in [7, 11) is 0. The van der Waals surface area contributed by atoms with Crippen molar-refractivity contribution in [1.29, 1.82) is 5.26 Å². The molecule has 0 spiro atoms. The number of nitriles is 1. The van der Waals surface area contributed by atoms with E-state index in [0.29, 0.717) is 28.6 Å². The number of nitrogens with two attached hydrogens (primary N) is 1. The Hall–Kier alpha value is -2.51. The molecule has 0 aliphatic carbocycles. The van der Waals surface area contributed by atoms with Gasteiger partial charge in [-0.25, -0.2) is 4.98 Å². The topological polar surface area (TPSA) is 67.6 Å². The number of hydrogen-bond acceptors (Lipinski definition) is 3. The van der Waals surface area contributed by atoms with Crippen LogP contribution in [0.1, 0.15) is 11.1 Å². The molecular formula is C15H11ClN4. The van der Waals surface area contributed by atoms with Gasteiger partial charge in [0, 0.05) is 5.02 Å². The Morgan fingerprint density at radius 2 is 2.00 bits per heavy atom. The first-order valence-electron chi connectivity index (χ1n) is 6.09. The van der Waals surface area contributed by atoms with E-state index in [1.54, 1.807) is 6.07 Å². The number of anilines is 1. The van der Waals surface area contributed by atoms with Crippen LogP contribution in [0.25, 0.3) is 11.0 Å². The highest BCUT2D eigenvalue weighted by Gasteiger charge is 2.12. The molecule has 4 nitrogen and oxygen atoms in total. The monoisotopic (exact) mass is 282 g/mol. The van der Waals surface area contributed by atoms with Crippen molar-refractivity contribution in [1.82, 2.24) is 9.55 Å². The van der Waals surface area contributed by atoms with E-state index in [-0.39, 0.29) is 0 Å². The standard InChI is InChI=1S/C15H11ClN4/c16-12-6-2-1-4-11(12)9-20-13-7-3-5-10(8-17)14(13)19-15(20)18/h1-7H,9H2,(H2,18,19). The first kappa shape index (κ1) is 12.5. The minimum Gasteiger partial charge on any atom is -0.369 e. The number of rotatable bonds is 2. The van der Waals surface area contributed by atoms with Crippen LogP contribution in [-0.4, -0.2) is 9.55 Å². The fourth-order valence-electron chi connectivity index (χ4n) is 2.22. The summed E-state index contributed by atoms with van der Waals surface area (Å²) in [5, 5.41) is 9.79. The van der Waals surface area contributed by atoms with Gasteiger partial charge in [-0.15, -0.1) is 0 Å². The van der Waals surface area contributed by atoms with Crippen molar-refractivity contribution in [3.8, 4) is 6.07 Å². The van der Waals surface area contributed by atoms with Gasteiger partial charge < -0.3 is 10.3 Å². The summed E-state index contributed by atoms with van der Waals surface area (Å²) in [4.78, 5) is 4.28. The molecule has 5 heteroatoms. The molecule has 0 saturated heterocycles. The second-order valence-electron chi connectivity index (χ2n) is 4.43. The molecule has 0 unspecified atom stereocenters. The molecule has 3 aromatic rings. The molecular weight excluding hydrogens is 272 g/mol. The molecule has 0 radical (unpaired) electrons. The normalized spacial score (nSPS) is 10.6. The minimum absolute atomic E-state index is 0.377. The van der Waals surface area contributed by atoms with Gasteiger partial charge >= 0.3 is 0 Å². The predicted molar refractivity (Wildman–Crippen MR) is 79.4 cm³/mol. The molecule has 98 valence electrons. The highest BCUT2D eigenvalue weighted by molar-refractivity contribution is 6.31. The van der Waals surface area contributed by atoms with E-state index in [4.69, 9.17) is 22.6 Å². The lowest BCUT2D eigenvalue weighted by molar-refractivity contribution is 0.838. The number of para-hydroxylation sites is 1. The molecule has 2 aromatic carbocycles. The number of imidazole rings is 1. The number of benzene rings is 2. The molecule has 1 aromatic heterocycles. The first-order chi connectivity index (χ1) is 9.70. The summed E-state index contributed by atoms with van der Waals surface area (Å²) in [6.07, 6.45) is 0. The maximum atomic E-state index is 9.11. The summed E-state index contributed by atoms with van der Waals surface area (Å²) in [6, 6.07) is 15.2. The highest BCUT2D eigenvalue weighted by atomic mass is 35.5. The van der Waals surface area contributed by atoms with Gasteiger partial charge in [-0.2, -0.15) is 5.26 Å². The maximum Gasteiger partial charge on any atom is 0.201 e. The summed E-state index contributed by atoms with van der Waals surface area (Å²) in [5.41, 5.74) is 8.91. The molecule has 0 atom stereocenters. The first-order valence-corrected chi connectivity index (χ1v) is 6.46. The molecule has 3 rings (SSSR count). The second-order valence-corrected chi connectivity index (χ2v) is 4.84. The van der Waals surface area contributed by atoms with Gasteiger partial charge in [-0.1, -0.05) is 35.9 Å². The van der Waals surface area contributed by atoms with Gasteiger partial charge in [0.05, 0.1) is 17.6 Å². The number of halogens is 1. The molecule has 20 heavy (non-hydrogen) atoms. The number of nitrogens with zero attached hydrogens (tertiary/aromatic N) is 3. The van der Waals surface area contributed by atoms with Gasteiger partial charge in [0.1, 0.15) is 11.6 Å². The van der Waals surface area contributed by atoms with E-state index in [1.165, 1.54) is 0 Å². The molecule has 0 aliphatic rings. The fourth-order valence-corrected chi connectivity index (χ4v) is 2.41. The van der Waals surface area contributed by atoms with Crippen LogP contribution in [0.4, 0.5) is 5.95 Å².